The summed E-state index contributed by atoms with van der Waals surface area (Å²) in [5.41, 5.74) is 4.54. The van der Waals surface area contributed by atoms with Crippen molar-refractivity contribution in [3.8, 4) is 0 Å². The van der Waals surface area contributed by atoms with E-state index in [1.165, 1.54) is 68.0 Å². The zero-order chi connectivity index (χ0) is 18.3. The number of nitrogens with one attached hydrogen (secondary N) is 1. The first-order valence-corrected chi connectivity index (χ1v) is 11.6. The molecule has 3 heteroatoms. The van der Waals surface area contributed by atoms with Gasteiger partial charge in [-0.05, 0) is 92.2 Å². The van der Waals surface area contributed by atoms with E-state index in [0.717, 1.165) is 19.0 Å². The lowest BCUT2D eigenvalue weighted by Crippen LogP contribution is -2.27. The van der Waals surface area contributed by atoms with Crippen molar-refractivity contribution in [2.24, 2.45) is 5.92 Å². The Balaban J connectivity index is 1.35. The molecule has 144 valence electrons. The molecule has 1 N–H and O–H groups in total. The SMILES string of the molecule is c1ccc(CN2CCCc3ccc(SCCC4CCNCC4)cc3C2)cc1. The Bertz CT molecular complexity index is 710. The molecule has 0 radical (unpaired) electrons. The zero-order valence-corrected chi connectivity index (χ0v) is 17.1. The number of thioether (sulfide) groups is 1. The first-order chi connectivity index (χ1) is 13.4. The highest BCUT2D eigenvalue weighted by molar-refractivity contribution is 7.99. The molecule has 4 rings (SSSR count). The summed E-state index contributed by atoms with van der Waals surface area (Å²) in [5.74, 6) is 2.19. The Morgan fingerprint density at radius 2 is 1.85 bits per heavy atom. The monoisotopic (exact) mass is 380 g/mol. The summed E-state index contributed by atoms with van der Waals surface area (Å²) < 4.78 is 0. The van der Waals surface area contributed by atoms with Gasteiger partial charge in [0.1, 0.15) is 0 Å². The molecule has 0 atom stereocenters. The van der Waals surface area contributed by atoms with Gasteiger partial charge in [-0.25, -0.2) is 0 Å². The fourth-order valence-electron chi connectivity index (χ4n) is 4.39. The van der Waals surface area contributed by atoms with E-state index in [2.05, 4.69) is 70.5 Å². The highest BCUT2D eigenvalue weighted by atomic mass is 32.2. The van der Waals surface area contributed by atoms with Crippen LogP contribution >= 0.6 is 11.8 Å². The van der Waals surface area contributed by atoms with Gasteiger partial charge in [-0.1, -0.05) is 36.4 Å². The van der Waals surface area contributed by atoms with E-state index in [1.807, 2.05) is 0 Å². The number of fused-ring (bicyclic) bond motifs is 1. The second-order valence-corrected chi connectivity index (χ2v) is 9.23. The summed E-state index contributed by atoms with van der Waals surface area (Å²) in [6.07, 6.45) is 6.57. The number of hydrogen-bond acceptors (Lipinski definition) is 3. The van der Waals surface area contributed by atoms with E-state index < -0.39 is 0 Å². The number of hydrogen-bond donors (Lipinski definition) is 1. The van der Waals surface area contributed by atoms with Gasteiger partial charge in [-0.15, -0.1) is 11.8 Å². The average Bonchev–Trinajstić information content (AvgIpc) is 2.91. The lowest BCUT2D eigenvalue weighted by molar-refractivity contribution is 0.261. The van der Waals surface area contributed by atoms with Crippen molar-refractivity contribution >= 4 is 11.8 Å². The molecule has 2 aliphatic heterocycles. The molecule has 27 heavy (non-hydrogen) atoms. The maximum atomic E-state index is 3.47. The van der Waals surface area contributed by atoms with Gasteiger partial charge in [0.2, 0.25) is 0 Å². The van der Waals surface area contributed by atoms with Gasteiger partial charge in [0.25, 0.3) is 0 Å². The van der Waals surface area contributed by atoms with E-state index in [1.54, 1.807) is 11.1 Å². The molecular formula is C24H32N2S. The minimum absolute atomic E-state index is 0.931. The molecule has 0 saturated carbocycles. The third-order valence-corrected chi connectivity index (χ3v) is 7.02. The molecule has 2 nitrogen and oxygen atoms in total. The fourth-order valence-corrected chi connectivity index (χ4v) is 5.46. The summed E-state index contributed by atoms with van der Waals surface area (Å²) >= 11 is 2.06. The molecule has 1 saturated heterocycles. The standard InChI is InChI=1S/C24H32N2S/c1-2-5-21(6-3-1)18-26-15-4-7-22-8-9-24(17-23(22)19-26)27-16-12-20-10-13-25-14-11-20/h1-3,5-6,8-9,17,20,25H,4,7,10-16,18-19H2. The predicted octanol–water partition coefficient (Wildman–Crippen LogP) is 5.12. The van der Waals surface area contributed by atoms with Crippen molar-refractivity contribution in [2.45, 2.75) is 50.1 Å². The molecule has 2 aliphatic rings. The summed E-state index contributed by atoms with van der Waals surface area (Å²) in [7, 11) is 0. The molecule has 0 bridgehead atoms. The molecule has 0 spiro atoms. The van der Waals surface area contributed by atoms with Crippen LogP contribution in [0, 0.1) is 5.92 Å². The first kappa shape index (κ1) is 19.0. The smallest absolute Gasteiger partial charge is 0.0240 e. The van der Waals surface area contributed by atoms with Gasteiger partial charge >= 0.3 is 0 Å². The average molecular weight is 381 g/mol. The molecule has 0 aliphatic carbocycles. The van der Waals surface area contributed by atoms with Crippen LogP contribution < -0.4 is 5.32 Å². The topological polar surface area (TPSA) is 15.3 Å². The number of piperidine rings is 1. The molecule has 0 amide bonds. The Morgan fingerprint density at radius 3 is 2.70 bits per heavy atom. The zero-order valence-electron chi connectivity index (χ0n) is 16.3. The van der Waals surface area contributed by atoms with Crippen LogP contribution in [0.1, 0.15) is 42.4 Å². The van der Waals surface area contributed by atoms with Crippen LogP contribution in [0.25, 0.3) is 0 Å². The third-order valence-electron chi connectivity index (χ3n) is 5.99. The van der Waals surface area contributed by atoms with Crippen molar-refractivity contribution in [2.75, 3.05) is 25.4 Å². The minimum atomic E-state index is 0.931. The van der Waals surface area contributed by atoms with E-state index >= 15 is 0 Å². The van der Waals surface area contributed by atoms with Crippen molar-refractivity contribution in [1.82, 2.24) is 10.2 Å². The van der Waals surface area contributed by atoms with Crippen molar-refractivity contribution < 1.29 is 0 Å². The number of rotatable bonds is 6. The van der Waals surface area contributed by atoms with Crippen LogP contribution in [0.15, 0.2) is 53.4 Å². The normalized spacial score (nSPS) is 18.8. The molecule has 0 aromatic heterocycles. The van der Waals surface area contributed by atoms with Crippen molar-refractivity contribution in [3.05, 3.63) is 65.2 Å². The van der Waals surface area contributed by atoms with Gasteiger partial charge in [-0.2, -0.15) is 0 Å². The van der Waals surface area contributed by atoms with Crippen molar-refractivity contribution in [1.29, 1.82) is 0 Å². The Hall–Kier alpha value is -1.29. The Kier molecular flexibility index (Phi) is 6.89. The van der Waals surface area contributed by atoms with E-state index in [9.17, 15) is 0 Å². The highest BCUT2D eigenvalue weighted by Gasteiger charge is 2.16. The van der Waals surface area contributed by atoms with Crippen LogP contribution in [0.2, 0.25) is 0 Å². The van der Waals surface area contributed by atoms with Gasteiger partial charge in [0.05, 0.1) is 0 Å². The largest absolute Gasteiger partial charge is 0.317 e. The van der Waals surface area contributed by atoms with Crippen LogP contribution in [0.3, 0.4) is 0 Å². The van der Waals surface area contributed by atoms with Crippen LogP contribution in [-0.2, 0) is 19.5 Å². The lowest BCUT2D eigenvalue weighted by Gasteiger charge is -2.22. The van der Waals surface area contributed by atoms with E-state index in [-0.39, 0.29) is 0 Å². The Morgan fingerprint density at radius 1 is 1.00 bits per heavy atom. The van der Waals surface area contributed by atoms with Gasteiger partial charge < -0.3 is 5.32 Å². The summed E-state index contributed by atoms with van der Waals surface area (Å²) in [5, 5.41) is 3.47. The maximum absolute atomic E-state index is 3.47. The second-order valence-electron chi connectivity index (χ2n) is 8.06. The Labute approximate surface area is 168 Å². The third kappa shape index (κ3) is 5.60. The lowest BCUT2D eigenvalue weighted by atomic mass is 9.96. The number of benzene rings is 2. The van der Waals surface area contributed by atoms with Crippen LogP contribution in [0.5, 0.6) is 0 Å². The predicted molar refractivity (Wildman–Crippen MR) is 116 cm³/mol. The quantitative estimate of drug-likeness (QED) is 0.701. The summed E-state index contributed by atoms with van der Waals surface area (Å²) in [6.45, 7) is 5.78. The van der Waals surface area contributed by atoms with Crippen LogP contribution in [0.4, 0.5) is 0 Å². The fraction of sp³-hybridized carbons (Fsp3) is 0.500. The molecule has 2 aromatic carbocycles. The molecule has 2 heterocycles. The number of aryl methyl sites for hydroxylation is 1. The van der Waals surface area contributed by atoms with Gasteiger partial charge in [0, 0.05) is 18.0 Å². The highest BCUT2D eigenvalue weighted by Crippen LogP contribution is 2.28. The van der Waals surface area contributed by atoms with E-state index in [4.69, 9.17) is 0 Å². The van der Waals surface area contributed by atoms with Gasteiger partial charge in [0.15, 0.2) is 0 Å². The molecule has 2 aromatic rings. The summed E-state index contributed by atoms with van der Waals surface area (Å²) in [4.78, 5) is 4.08. The van der Waals surface area contributed by atoms with Gasteiger partial charge in [-0.3, -0.25) is 4.90 Å². The maximum Gasteiger partial charge on any atom is 0.0240 e. The minimum Gasteiger partial charge on any atom is -0.317 e. The van der Waals surface area contributed by atoms with Crippen molar-refractivity contribution in [3.63, 3.8) is 0 Å². The molecule has 1 fully saturated rings. The molecule has 0 unspecified atom stereocenters. The van der Waals surface area contributed by atoms with E-state index in [0.29, 0.717) is 0 Å². The second kappa shape index (κ2) is 9.77. The molecular weight excluding hydrogens is 348 g/mol. The number of nitrogens with zero attached hydrogens (tertiary/aromatic N) is 1. The first-order valence-electron chi connectivity index (χ1n) is 10.6. The van der Waals surface area contributed by atoms with Crippen LogP contribution in [-0.4, -0.2) is 30.3 Å². The summed E-state index contributed by atoms with van der Waals surface area (Å²) in [6, 6.07) is 18.1.